The lowest BCUT2D eigenvalue weighted by molar-refractivity contribution is -0.287. The van der Waals surface area contributed by atoms with Crippen molar-refractivity contribution in [2.75, 3.05) is 0 Å². The molecule has 0 saturated heterocycles. The van der Waals surface area contributed by atoms with E-state index in [1.807, 2.05) is 19.9 Å². The van der Waals surface area contributed by atoms with E-state index in [9.17, 15) is 9.79 Å². The Labute approximate surface area is 67.4 Å². The standard InChI is InChI=1S/C8H9O2P/c1-6-4-3-5-8(7(6)2)11(9)10/h3-5H,1-2H3/q-2. The molecule has 0 radical (unpaired) electrons. The third-order valence-electron chi connectivity index (χ3n) is 1.77. The fourth-order valence-electron chi connectivity index (χ4n) is 0.933. The van der Waals surface area contributed by atoms with Crippen LogP contribution in [0.3, 0.4) is 0 Å². The molecule has 0 heterocycles. The van der Waals surface area contributed by atoms with Gasteiger partial charge in [-0.05, 0) is 25.0 Å². The lowest BCUT2D eigenvalue weighted by Crippen LogP contribution is -2.22. The molecule has 0 aliphatic carbocycles. The van der Waals surface area contributed by atoms with Gasteiger partial charge in [-0.2, -0.15) is 0 Å². The molecule has 1 rings (SSSR count). The Kier molecular flexibility index (Phi) is 2.61. The van der Waals surface area contributed by atoms with Crippen LogP contribution < -0.4 is 15.1 Å². The molecule has 0 saturated carbocycles. The van der Waals surface area contributed by atoms with Gasteiger partial charge in [0.05, 0.1) is 0 Å². The van der Waals surface area contributed by atoms with E-state index in [4.69, 9.17) is 0 Å². The molecule has 0 amide bonds. The van der Waals surface area contributed by atoms with Crippen LogP contribution in [-0.4, -0.2) is 0 Å². The molecule has 0 N–H and O–H groups in total. The second-order valence-corrected chi connectivity index (χ2v) is 3.47. The van der Waals surface area contributed by atoms with Crippen LogP contribution in [0.1, 0.15) is 11.1 Å². The molecule has 0 fully saturated rings. The summed E-state index contributed by atoms with van der Waals surface area (Å²) in [5.41, 5.74) is 1.87. The molecule has 0 bridgehead atoms. The molecular formula is C8H9O2P-2. The Hall–Kier alpha value is -0.430. The number of rotatable bonds is 1. The molecule has 0 aromatic heterocycles. The van der Waals surface area contributed by atoms with Gasteiger partial charge in [0.25, 0.3) is 0 Å². The van der Waals surface area contributed by atoms with Crippen molar-refractivity contribution in [3.63, 3.8) is 0 Å². The summed E-state index contributed by atoms with van der Waals surface area (Å²) in [7, 11) is -2.43. The smallest absolute Gasteiger partial charge is 0.0390 e. The zero-order valence-electron chi connectivity index (χ0n) is 6.50. The van der Waals surface area contributed by atoms with Crippen molar-refractivity contribution in [2.24, 2.45) is 0 Å². The topological polar surface area (TPSA) is 46.1 Å². The van der Waals surface area contributed by atoms with E-state index in [0.29, 0.717) is 5.30 Å². The summed E-state index contributed by atoms with van der Waals surface area (Å²) < 4.78 is 0. The van der Waals surface area contributed by atoms with Crippen molar-refractivity contribution in [2.45, 2.75) is 13.8 Å². The van der Waals surface area contributed by atoms with Crippen LogP contribution in [0.4, 0.5) is 0 Å². The molecule has 1 aromatic carbocycles. The van der Waals surface area contributed by atoms with Crippen molar-refractivity contribution in [3.05, 3.63) is 29.3 Å². The van der Waals surface area contributed by atoms with Crippen LogP contribution in [-0.2, 0) is 0 Å². The highest BCUT2D eigenvalue weighted by Gasteiger charge is 1.95. The van der Waals surface area contributed by atoms with Gasteiger partial charge in [-0.1, -0.05) is 23.5 Å². The van der Waals surface area contributed by atoms with Gasteiger partial charge in [0.2, 0.25) is 0 Å². The Balaban J connectivity index is 3.17. The fourth-order valence-corrected chi connectivity index (χ4v) is 1.59. The molecule has 0 spiro atoms. The van der Waals surface area contributed by atoms with Gasteiger partial charge in [-0.3, -0.25) is 8.38 Å². The van der Waals surface area contributed by atoms with Crippen LogP contribution in [0.25, 0.3) is 0 Å². The van der Waals surface area contributed by atoms with Crippen LogP contribution in [0.15, 0.2) is 18.2 Å². The maximum absolute atomic E-state index is 10.6. The monoisotopic (exact) mass is 168 g/mol. The van der Waals surface area contributed by atoms with E-state index >= 15 is 0 Å². The van der Waals surface area contributed by atoms with Crippen molar-refractivity contribution >= 4 is 13.7 Å². The maximum Gasteiger partial charge on any atom is -0.0390 e. The van der Waals surface area contributed by atoms with Gasteiger partial charge in [-0.25, -0.2) is 0 Å². The maximum atomic E-state index is 10.6. The quantitative estimate of drug-likeness (QED) is 0.552. The van der Waals surface area contributed by atoms with Crippen LogP contribution >= 0.6 is 8.38 Å². The molecule has 0 aliphatic heterocycles. The molecule has 0 aliphatic rings. The molecule has 1 aromatic rings. The van der Waals surface area contributed by atoms with Crippen LogP contribution in [0.2, 0.25) is 0 Å². The van der Waals surface area contributed by atoms with Gasteiger partial charge >= 0.3 is 0 Å². The average molecular weight is 168 g/mol. The van der Waals surface area contributed by atoms with Crippen LogP contribution in [0, 0.1) is 13.8 Å². The first kappa shape index (κ1) is 8.66. The van der Waals surface area contributed by atoms with Crippen molar-refractivity contribution in [1.29, 1.82) is 0 Å². The van der Waals surface area contributed by atoms with E-state index < -0.39 is 8.38 Å². The Morgan fingerprint density at radius 3 is 2.27 bits per heavy atom. The van der Waals surface area contributed by atoms with Gasteiger partial charge in [-0.15, -0.1) is 0 Å². The molecule has 11 heavy (non-hydrogen) atoms. The summed E-state index contributed by atoms with van der Waals surface area (Å²) >= 11 is 0. The minimum absolute atomic E-state index is 0.431. The van der Waals surface area contributed by atoms with E-state index in [0.717, 1.165) is 11.1 Å². The third kappa shape index (κ3) is 1.78. The van der Waals surface area contributed by atoms with Crippen molar-refractivity contribution in [3.8, 4) is 0 Å². The zero-order chi connectivity index (χ0) is 8.43. The Morgan fingerprint density at radius 2 is 1.82 bits per heavy atom. The largest absolute Gasteiger partial charge is 0.838 e. The Bertz CT molecular complexity index is 258. The minimum atomic E-state index is -2.43. The zero-order valence-corrected chi connectivity index (χ0v) is 7.39. The number of hydrogen-bond donors (Lipinski definition) is 0. The fraction of sp³-hybridized carbons (Fsp3) is 0.250. The molecule has 2 nitrogen and oxygen atoms in total. The van der Waals surface area contributed by atoms with Gasteiger partial charge in [0.1, 0.15) is 0 Å². The van der Waals surface area contributed by atoms with E-state index in [1.54, 1.807) is 12.1 Å². The highest BCUT2D eigenvalue weighted by Crippen LogP contribution is 2.16. The Morgan fingerprint density at radius 1 is 1.18 bits per heavy atom. The first-order valence-corrected chi connectivity index (χ1v) is 4.51. The predicted octanol–water partition coefficient (Wildman–Crippen LogP) is -0.0388. The van der Waals surface area contributed by atoms with E-state index in [-0.39, 0.29) is 0 Å². The van der Waals surface area contributed by atoms with Crippen molar-refractivity contribution < 1.29 is 9.79 Å². The molecule has 60 valence electrons. The summed E-state index contributed by atoms with van der Waals surface area (Å²) in [6.45, 7) is 3.72. The van der Waals surface area contributed by atoms with Gasteiger partial charge in [0.15, 0.2) is 0 Å². The summed E-state index contributed by atoms with van der Waals surface area (Å²) in [5, 5.41) is 0.431. The normalized spacial score (nSPS) is 10.6. The second-order valence-electron chi connectivity index (χ2n) is 2.48. The van der Waals surface area contributed by atoms with Gasteiger partial charge in [0, 0.05) is 0 Å². The molecule has 0 unspecified atom stereocenters. The summed E-state index contributed by atoms with van der Waals surface area (Å²) in [6, 6.07) is 5.27. The number of benzene rings is 1. The minimum Gasteiger partial charge on any atom is -0.838 e. The van der Waals surface area contributed by atoms with Gasteiger partial charge < -0.3 is 9.79 Å². The first-order chi connectivity index (χ1) is 5.13. The lowest BCUT2D eigenvalue weighted by Gasteiger charge is -2.33. The number of aryl methyl sites for hydroxylation is 1. The third-order valence-corrected chi connectivity index (χ3v) is 2.65. The molecule has 0 atom stereocenters. The van der Waals surface area contributed by atoms with E-state index in [2.05, 4.69) is 0 Å². The highest BCUT2D eigenvalue weighted by atomic mass is 31.2. The van der Waals surface area contributed by atoms with Crippen LogP contribution in [0.5, 0.6) is 0 Å². The highest BCUT2D eigenvalue weighted by molar-refractivity contribution is 7.51. The summed E-state index contributed by atoms with van der Waals surface area (Å²) in [6.07, 6.45) is 0. The number of hydrogen-bond acceptors (Lipinski definition) is 2. The summed E-state index contributed by atoms with van der Waals surface area (Å²) in [5.74, 6) is 0. The van der Waals surface area contributed by atoms with Crippen molar-refractivity contribution in [1.82, 2.24) is 0 Å². The van der Waals surface area contributed by atoms with E-state index in [1.165, 1.54) is 0 Å². The average Bonchev–Trinajstić information content (AvgIpc) is 1.94. The molecule has 3 heteroatoms. The lowest BCUT2D eigenvalue weighted by atomic mass is 10.1. The predicted molar refractivity (Wildman–Crippen MR) is 42.5 cm³/mol. The molecular weight excluding hydrogens is 159 g/mol. The summed E-state index contributed by atoms with van der Waals surface area (Å²) in [4.78, 5) is 21.2. The first-order valence-electron chi connectivity index (χ1n) is 3.33. The SMILES string of the molecule is Cc1cccc(P([O-])[O-])c1C. The second kappa shape index (κ2) is 3.31.